The Hall–Kier alpha value is -2.60. The fraction of sp³-hybridized carbons (Fsp3) is 0.455. The van der Waals surface area contributed by atoms with Crippen molar-refractivity contribution < 1.29 is 0 Å². The van der Waals surface area contributed by atoms with Crippen LogP contribution in [0.25, 0.3) is 5.65 Å². The lowest BCUT2D eigenvalue weighted by atomic mass is 10.2. The molecule has 2 heterocycles. The third-order valence-electron chi connectivity index (χ3n) is 5.27. The average Bonchev–Trinajstić information content (AvgIpc) is 3.48. The molecule has 0 bridgehead atoms. The molecule has 1 aliphatic rings. The third-order valence-corrected chi connectivity index (χ3v) is 5.27. The summed E-state index contributed by atoms with van der Waals surface area (Å²) in [6.07, 6.45) is 9.12. The number of rotatable bonds is 11. The van der Waals surface area contributed by atoms with Gasteiger partial charge in [-0.15, -0.1) is 0 Å². The Labute approximate surface area is 166 Å². The molecule has 0 radical (unpaired) electrons. The second kappa shape index (κ2) is 9.06. The van der Waals surface area contributed by atoms with E-state index in [1.54, 1.807) is 0 Å². The number of hydrogen-bond donors (Lipinski definition) is 3. The summed E-state index contributed by atoms with van der Waals surface area (Å²) in [6, 6.07) is 12.5. The molecule has 28 heavy (non-hydrogen) atoms. The summed E-state index contributed by atoms with van der Waals surface area (Å²) in [5.41, 5.74) is 9.06. The molecule has 0 atom stereocenters. The molecule has 6 heteroatoms. The van der Waals surface area contributed by atoms with Crippen LogP contribution < -0.4 is 16.4 Å². The number of nitrogens with zero attached hydrogens (tertiary/aromatic N) is 3. The van der Waals surface area contributed by atoms with E-state index in [2.05, 4.69) is 46.1 Å². The Morgan fingerprint density at radius 3 is 2.64 bits per heavy atom. The summed E-state index contributed by atoms with van der Waals surface area (Å²) >= 11 is 0. The number of aromatic nitrogens is 3. The molecule has 1 aromatic carbocycles. The molecular formula is C22H30N6. The summed E-state index contributed by atoms with van der Waals surface area (Å²) in [6.45, 7) is 2.48. The molecule has 148 valence electrons. The van der Waals surface area contributed by atoms with Crippen LogP contribution in [-0.2, 0) is 6.54 Å². The first-order valence-electron chi connectivity index (χ1n) is 10.5. The van der Waals surface area contributed by atoms with Crippen molar-refractivity contribution in [1.82, 2.24) is 14.6 Å². The maximum absolute atomic E-state index is 5.57. The Morgan fingerprint density at radius 2 is 1.86 bits per heavy atom. The predicted octanol–water partition coefficient (Wildman–Crippen LogP) is 4.15. The van der Waals surface area contributed by atoms with Gasteiger partial charge in [0.15, 0.2) is 5.65 Å². The van der Waals surface area contributed by atoms with Gasteiger partial charge in [-0.25, -0.2) is 4.98 Å². The molecule has 1 aliphatic carbocycles. The SMILES string of the molecule is NCCCCCCNc1cc(NCc2ccccc2)n2ncc(C3CC3)c2n1. The van der Waals surface area contributed by atoms with Crippen LogP contribution in [0.15, 0.2) is 42.6 Å². The van der Waals surface area contributed by atoms with Crippen molar-refractivity contribution in [2.45, 2.75) is 51.0 Å². The summed E-state index contributed by atoms with van der Waals surface area (Å²) in [4.78, 5) is 4.88. The smallest absolute Gasteiger partial charge is 0.163 e. The first kappa shape index (κ1) is 18.7. The minimum Gasteiger partial charge on any atom is -0.370 e. The Balaban J connectivity index is 1.49. The number of fused-ring (bicyclic) bond motifs is 1. The van der Waals surface area contributed by atoms with Crippen molar-refractivity contribution in [3.63, 3.8) is 0 Å². The van der Waals surface area contributed by atoms with E-state index in [4.69, 9.17) is 10.7 Å². The predicted molar refractivity (Wildman–Crippen MR) is 115 cm³/mol. The van der Waals surface area contributed by atoms with Gasteiger partial charge in [-0.1, -0.05) is 43.2 Å². The second-order valence-electron chi connectivity index (χ2n) is 7.61. The van der Waals surface area contributed by atoms with E-state index in [-0.39, 0.29) is 0 Å². The molecule has 0 saturated heterocycles. The molecule has 2 aromatic heterocycles. The normalized spacial score (nSPS) is 13.8. The molecular weight excluding hydrogens is 348 g/mol. The number of unbranched alkanes of at least 4 members (excludes halogenated alkanes) is 3. The topological polar surface area (TPSA) is 80.3 Å². The molecule has 0 spiro atoms. The van der Waals surface area contributed by atoms with E-state index in [9.17, 15) is 0 Å². The van der Waals surface area contributed by atoms with Crippen LogP contribution in [0.1, 0.15) is 55.6 Å². The van der Waals surface area contributed by atoms with Gasteiger partial charge in [-0.2, -0.15) is 9.61 Å². The maximum Gasteiger partial charge on any atom is 0.163 e. The molecule has 6 nitrogen and oxygen atoms in total. The number of benzene rings is 1. The van der Waals surface area contributed by atoms with Crippen LogP contribution >= 0.6 is 0 Å². The Kier molecular flexibility index (Phi) is 6.07. The highest BCUT2D eigenvalue weighted by molar-refractivity contribution is 5.61. The standard InChI is InChI=1S/C22H30N6/c23-12-6-1-2-7-13-24-20-14-21(25-15-17-8-4-3-5-9-17)28-22(27-20)19(16-26-28)18-10-11-18/h3-5,8-9,14,16,18,25H,1-2,6-7,10-13,15,23H2,(H,24,27). The van der Waals surface area contributed by atoms with Gasteiger partial charge in [-0.05, 0) is 43.7 Å². The minimum absolute atomic E-state index is 0.624. The van der Waals surface area contributed by atoms with Crippen LogP contribution in [0.4, 0.5) is 11.6 Å². The first-order valence-corrected chi connectivity index (χ1v) is 10.5. The lowest BCUT2D eigenvalue weighted by Crippen LogP contribution is -2.10. The molecule has 0 amide bonds. The first-order chi connectivity index (χ1) is 13.8. The van der Waals surface area contributed by atoms with E-state index < -0.39 is 0 Å². The number of nitrogens with one attached hydrogen (secondary N) is 2. The van der Waals surface area contributed by atoms with E-state index in [0.717, 1.165) is 49.8 Å². The van der Waals surface area contributed by atoms with E-state index in [1.165, 1.54) is 36.8 Å². The summed E-state index contributed by atoms with van der Waals surface area (Å²) in [5, 5.41) is 11.7. The highest BCUT2D eigenvalue weighted by atomic mass is 15.3. The summed E-state index contributed by atoms with van der Waals surface area (Å²) < 4.78 is 1.95. The quantitative estimate of drug-likeness (QED) is 0.437. The van der Waals surface area contributed by atoms with Crippen LogP contribution in [0, 0.1) is 0 Å². The fourth-order valence-corrected chi connectivity index (χ4v) is 3.51. The average molecular weight is 379 g/mol. The lowest BCUT2D eigenvalue weighted by Gasteiger charge is -2.12. The molecule has 1 fully saturated rings. The molecule has 4 N–H and O–H groups in total. The molecule has 4 rings (SSSR count). The number of hydrogen-bond acceptors (Lipinski definition) is 5. The molecule has 0 unspecified atom stereocenters. The molecule has 1 saturated carbocycles. The zero-order chi connectivity index (χ0) is 19.2. The van der Waals surface area contributed by atoms with Crippen LogP contribution in [-0.4, -0.2) is 27.7 Å². The fourth-order valence-electron chi connectivity index (χ4n) is 3.51. The summed E-state index contributed by atoms with van der Waals surface area (Å²) in [5.74, 6) is 2.52. The Morgan fingerprint density at radius 1 is 1.04 bits per heavy atom. The lowest BCUT2D eigenvalue weighted by molar-refractivity contribution is 0.661. The van der Waals surface area contributed by atoms with Crippen molar-refractivity contribution in [3.8, 4) is 0 Å². The number of nitrogens with two attached hydrogens (primary N) is 1. The highest BCUT2D eigenvalue weighted by Crippen LogP contribution is 2.42. The minimum atomic E-state index is 0.624. The van der Waals surface area contributed by atoms with Crippen LogP contribution in [0.2, 0.25) is 0 Å². The highest BCUT2D eigenvalue weighted by Gasteiger charge is 2.28. The van der Waals surface area contributed by atoms with Crippen molar-refractivity contribution in [2.24, 2.45) is 5.73 Å². The van der Waals surface area contributed by atoms with Gasteiger partial charge in [0.05, 0.1) is 6.20 Å². The van der Waals surface area contributed by atoms with Crippen molar-refractivity contribution in [2.75, 3.05) is 23.7 Å². The third kappa shape index (κ3) is 4.62. The maximum atomic E-state index is 5.57. The van der Waals surface area contributed by atoms with Crippen LogP contribution in [0.3, 0.4) is 0 Å². The Bertz CT molecular complexity index is 885. The largest absolute Gasteiger partial charge is 0.370 e. The van der Waals surface area contributed by atoms with Crippen molar-refractivity contribution in [3.05, 3.63) is 53.7 Å². The van der Waals surface area contributed by atoms with Gasteiger partial charge in [0.1, 0.15) is 11.6 Å². The van der Waals surface area contributed by atoms with Crippen molar-refractivity contribution >= 4 is 17.3 Å². The zero-order valence-corrected chi connectivity index (χ0v) is 16.4. The monoisotopic (exact) mass is 378 g/mol. The second-order valence-corrected chi connectivity index (χ2v) is 7.61. The summed E-state index contributed by atoms with van der Waals surface area (Å²) in [7, 11) is 0. The van der Waals surface area contributed by atoms with Crippen LogP contribution in [0.5, 0.6) is 0 Å². The van der Waals surface area contributed by atoms with Gasteiger partial charge in [0.2, 0.25) is 0 Å². The van der Waals surface area contributed by atoms with E-state index in [1.807, 2.05) is 16.8 Å². The van der Waals surface area contributed by atoms with Gasteiger partial charge < -0.3 is 16.4 Å². The number of anilines is 2. The van der Waals surface area contributed by atoms with Gasteiger partial charge >= 0.3 is 0 Å². The van der Waals surface area contributed by atoms with E-state index in [0.29, 0.717) is 5.92 Å². The van der Waals surface area contributed by atoms with Gasteiger partial charge in [-0.3, -0.25) is 0 Å². The van der Waals surface area contributed by atoms with E-state index >= 15 is 0 Å². The van der Waals surface area contributed by atoms with Crippen molar-refractivity contribution in [1.29, 1.82) is 0 Å². The molecule has 3 aromatic rings. The van der Waals surface area contributed by atoms with Gasteiger partial charge in [0, 0.05) is 24.7 Å². The molecule has 0 aliphatic heterocycles. The van der Waals surface area contributed by atoms with Gasteiger partial charge in [0.25, 0.3) is 0 Å². The zero-order valence-electron chi connectivity index (χ0n) is 16.4.